The Labute approximate surface area is 182 Å². The van der Waals surface area contributed by atoms with Gasteiger partial charge in [-0.05, 0) is 43.9 Å². The van der Waals surface area contributed by atoms with Crippen LogP contribution in [0.15, 0.2) is 4.99 Å². The van der Waals surface area contributed by atoms with Crippen LogP contribution in [0.4, 0.5) is 0 Å². The first-order chi connectivity index (χ1) is 14.8. The van der Waals surface area contributed by atoms with E-state index in [1.807, 2.05) is 13.1 Å². The maximum Gasteiger partial charge on any atom is 0.340 e. The summed E-state index contributed by atoms with van der Waals surface area (Å²) in [6, 6.07) is 0. The summed E-state index contributed by atoms with van der Waals surface area (Å²) in [6.45, 7) is 8.61. The Bertz CT molecular complexity index is 998. The number of hydrogen-bond donors (Lipinski definition) is 2. The number of nitrogens with zero attached hydrogens (tertiary/aromatic N) is 1. The molecule has 0 saturated carbocycles. The van der Waals surface area contributed by atoms with E-state index in [2.05, 4.69) is 33.5 Å². The van der Waals surface area contributed by atoms with Crippen molar-refractivity contribution in [3.8, 4) is 0 Å². The molecule has 8 nitrogen and oxygen atoms in total. The van der Waals surface area contributed by atoms with E-state index < -0.39 is 11.9 Å². The second kappa shape index (κ2) is 10.7. The molecule has 0 spiro atoms. The minimum Gasteiger partial charge on any atom is -0.469 e. The van der Waals surface area contributed by atoms with Gasteiger partial charge in [0.1, 0.15) is 0 Å². The van der Waals surface area contributed by atoms with Crippen molar-refractivity contribution in [2.75, 3.05) is 20.8 Å². The highest BCUT2D eigenvalue weighted by Crippen LogP contribution is 2.26. The Morgan fingerprint density at radius 1 is 0.968 bits per heavy atom. The summed E-state index contributed by atoms with van der Waals surface area (Å²) < 4.78 is 9.51. The molecule has 0 aliphatic rings. The number of nitrogens with one attached hydrogen (secondary N) is 2. The molecule has 0 amide bonds. The Hall–Kier alpha value is -3.16. The second-order valence-corrected chi connectivity index (χ2v) is 7.25. The third-order valence-corrected chi connectivity index (χ3v) is 5.42. The number of Topliss-reactive ketones (excluding diaryl/α,β-unsaturated/α-hetero) is 1. The fourth-order valence-electron chi connectivity index (χ4n) is 3.67. The van der Waals surface area contributed by atoms with E-state index in [0.717, 1.165) is 29.1 Å². The highest BCUT2D eigenvalue weighted by molar-refractivity contribution is 6.07. The zero-order chi connectivity index (χ0) is 23.1. The molecule has 2 aromatic rings. The Morgan fingerprint density at radius 3 is 2.26 bits per heavy atom. The highest BCUT2D eigenvalue weighted by Gasteiger charge is 2.26. The summed E-state index contributed by atoms with van der Waals surface area (Å²) in [4.78, 5) is 47.5. The van der Waals surface area contributed by atoms with Crippen LogP contribution in [0.5, 0.6) is 0 Å². The van der Waals surface area contributed by atoms with Gasteiger partial charge in [0.2, 0.25) is 0 Å². The minimum atomic E-state index is -0.587. The fraction of sp³-hybridized carbons (Fsp3) is 0.478. The molecule has 168 valence electrons. The lowest BCUT2D eigenvalue weighted by molar-refractivity contribution is -0.140. The van der Waals surface area contributed by atoms with Crippen molar-refractivity contribution >= 4 is 23.9 Å². The Balaban J connectivity index is 2.45. The number of carbonyl (C=O) groups is 3. The zero-order valence-corrected chi connectivity index (χ0v) is 19.1. The highest BCUT2D eigenvalue weighted by atomic mass is 16.5. The molecular formula is C23H31N3O5. The number of H-pyrrole nitrogens is 2. The number of methoxy groups -OCH3 is 2. The van der Waals surface area contributed by atoms with Crippen molar-refractivity contribution in [3.63, 3.8) is 0 Å². The van der Waals surface area contributed by atoms with E-state index >= 15 is 0 Å². The molecule has 0 radical (unpaired) electrons. The van der Waals surface area contributed by atoms with E-state index in [1.165, 1.54) is 19.8 Å². The molecular weight excluding hydrogens is 398 g/mol. The maximum atomic E-state index is 12.8. The molecule has 0 aliphatic heterocycles. The van der Waals surface area contributed by atoms with Crippen LogP contribution >= 0.6 is 0 Å². The van der Waals surface area contributed by atoms with E-state index in [-0.39, 0.29) is 29.9 Å². The SMILES string of the molecule is CCN=Cc1[nH]c(Cc2[nH]c(C(=O)CCC(=O)OC)c(C(=O)OC)c2C)c(CC)c1C. The van der Waals surface area contributed by atoms with Gasteiger partial charge in [0.05, 0.1) is 37.6 Å². The van der Waals surface area contributed by atoms with Crippen LogP contribution < -0.4 is 0 Å². The predicted molar refractivity (Wildman–Crippen MR) is 118 cm³/mol. The largest absolute Gasteiger partial charge is 0.469 e. The molecule has 0 aliphatic carbocycles. The molecule has 8 heteroatoms. The van der Waals surface area contributed by atoms with Gasteiger partial charge in [-0.1, -0.05) is 6.92 Å². The quantitative estimate of drug-likeness (QED) is 0.341. The standard InChI is InChI=1S/C23H31N3O5/c1-7-15-13(3)18(12-24-8-2)25-17(15)11-16-14(4)21(23(29)31-6)22(26-16)19(27)9-10-20(28)30-5/h12,25-26H,7-11H2,1-6H3. The van der Waals surface area contributed by atoms with Crippen LogP contribution in [0, 0.1) is 13.8 Å². The van der Waals surface area contributed by atoms with E-state index in [9.17, 15) is 14.4 Å². The van der Waals surface area contributed by atoms with Crippen molar-refractivity contribution in [2.24, 2.45) is 4.99 Å². The zero-order valence-electron chi connectivity index (χ0n) is 19.1. The molecule has 0 bridgehead atoms. The van der Waals surface area contributed by atoms with Gasteiger partial charge in [-0.25, -0.2) is 4.79 Å². The first kappa shape index (κ1) is 24.1. The van der Waals surface area contributed by atoms with Crippen molar-refractivity contribution in [1.29, 1.82) is 0 Å². The summed E-state index contributed by atoms with van der Waals surface area (Å²) >= 11 is 0. The predicted octanol–water partition coefficient (Wildman–Crippen LogP) is 3.47. The molecule has 0 atom stereocenters. The summed E-state index contributed by atoms with van der Waals surface area (Å²) in [6.07, 6.45) is 3.05. The number of aliphatic imine (C=N–C) groups is 1. The average Bonchev–Trinajstić information content (AvgIpc) is 3.25. The van der Waals surface area contributed by atoms with Crippen LogP contribution in [-0.4, -0.2) is 54.7 Å². The summed E-state index contributed by atoms with van der Waals surface area (Å²) in [5.41, 5.74) is 6.07. The monoisotopic (exact) mass is 429 g/mol. The van der Waals surface area contributed by atoms with Crippen LogP contribution in [0.3, 0.4) is 0 Å². The van der Waals surface area contributed by atoms with Crippen molar-refractivity contribution in [3.05, 3.63) is 45.0 Å². The number of aromatic nitrogens is 2. The van der Waals surface area contributed by atoms with Gasteiger partial charge in [-0.2, -0.15) is 0 Å². The van der Waals surface area contributed by atoms with Gasteiger partial charge in [0, 0.05) is 37.0 Å². The lowest BCUT2D eigenvalue weighted by atomic mass is 10.0. The molecule has 0 fully saturated rings. The number of hydrogen-bond acceptors (Lipinski definition) is 6. The number of aromatic amines is 2. The molecule has 0 saturated heterocycles. The van der Waals surface area contributed by atoms with Crippen LogP contribution in [0.2, 0.25) is 0 Å². The van der Waals surface area contributed by atoms with E-state index in [0.29, 0.717) is 18.5 Å². The van der Waals surface area contributed by atoms with E-state index in [4.69, 9.17) is 4.74 Å². The van der Waals surface area contributed by atoms with Gasteiger partial charge >= 0.3 is 11.9 Å². The second-order valence-electron chi connectivity index (χ2n) is 7.25. The molecule has 0 aromatic carbocycles. The lowest BCUT2D eigenvalue weighted by Crippen LogP contribution is -2.12. The molecule has 2 aromatic heterocycles. The van der Waals surface area contributed by atoms with Gasteiger partial charge in [0.25, 0.3) is 0 Å². The summed E-state index contributed by atoms with van der Waals surface area (Å²) in [5.74, 6) is -1.41. The van der Waals surface area contributed by atoms with Crippen LogP contribution in [0.1, 0.15) is 81.3 Å². The normalized spacial score (nSPS) is 11.2. The first-order valence-electron chi connectivity index (χ1n) is 10.4. The number of ether oxygens (including phenoxy) is 2. The summed E-state index contributed by atoms with van der Waals surface area (Å²) in [7, 11) is 2.55. The van der Waals surface area contributed by atoms with Gasteiger partial charge in [0.15, 0.2) is 5.78 Å². The Kier molecular flexibility index (Phi) is 8.36. The molecule has 31 heavy (non-hydrogen) atoms. The number of rotatable bonds is 10. The fourth-order valence-corrected chi connectivity index (χ4v) is 3.67. The number of ketones is 1. The van der Waals surface area contributed by atoms with Crippen molar-refractivity contribution < 1.29 is 23.9 Å². The molecule has 2 N–H and O–H groups in total. The van der Waals surface area contributed by atoms with Crippen molar-refractivity contribution in [1.82, 2.24) is 9.97 Å². The summed E-state index contributed by atoms with van der Waals surface area (Å²) in [5, 5.41) is 0. The van der Waals surface area contributed by atoms with E-state index in [1.54, 1.807) is 6.92 Å². The van der Waals surface area contributed by atoms with Crippen LogP contribution in [0.25, 0.3) is 0 Å². The van der Waals surface area contributed by atoms with Crippen LogP contribution in [-0.2, 0) is 27.1 Å². The topological polar surface area (TPSA) is 114 Å². The molecule has 2 heterocycles. The molecule has 0 unspecified atom stereocenters. The average molecular weight is 430 g/mol. The van der Waals surface area contributed by atoms with Gasteiger partial charge in [-0.3, -0.25) is 14.6 Å². The number of esters is 2. The maximum absolute atomic E-state index is 12.8. The first-order valence-corrected chi connectivity index (χ1v) is 10.4. The van der Waals surface area contributed by atoms with Gasteiger partial charge in [-0.15, -0.1) is 0 Å². The lowest BCUT2D eigenvalue weighted by Gasteiger charge is -2.04. The smallest absolute Gasteiger partial charge is 0.340 e. The third-order valence-electron chi connectivity index (χ3n) is 5.42. The van der Waals surface area contributed by atoms with Gasteiger partial charge < -0.3 is 19.4 Å². The van der Waals surface area contributed by atoms with Crippen molar-refractivity contribution in [2.45, 2.75) is 53.4 Å². The third kappa shape index (κ3) is 5.31. The Morgan fingerprint density at radius 2 is 1.68 bits per heavy atom. The number of carbonyl (C=O) groups excluding carboxylic acids is 3. The molecule has 2 rings (SSSR count). The minimum absolute atomic E-state index is 0.0563.